The minimum atomic E-state index is -3.56. The van der Waals surface area contributed by atoms with Gasteiger partial charge in [-0.05, 0) is 17.7 Å². The molecule has 0 heterocycles. The third-order valence-corrected chi connectivity index (χ3v) is 1.87. The lowest BCUT2D eigenvalue weighted by atomic mass is 10.2. The summed E-state index contributed by atoms with van der Waals surface area (Å²) < 4.78 is 30.3. The lowest BCUT2D eigenvalue weighted by Gasteiger charge is -2.03. The number of benzene rings is 1. The van der Waals surface area contributed by atoms with Gasteiger partial charge in [-0.1, -0.05) is 12.1 Å². The van der Waals surface area contributed by atoms with E-state index in [0.717, 1.165) is 11.8 Å². The first-order valence-corrected chi connectivity index (χ1v) is 5.97. The van der Waals surface area contributed by atoms with Gasteiger partial charge in [-0.25, -0.2) is 4.89 Å². The Morgan fingerprint density at radius 2 is 2.07 bits per heavy atom. The molecule has 0 unspecified atom stereocenters. The number of hydrogen-bond donors (Lipinski definition) is 0. The van der Waals surface area contributed by atoms with Crippen LogP contribution >= 0.6 is 0 Å². The molecule has 84 valence electrons. The van der Waals surface area contributed by atoms with Gasteiger partial charge in [0.25, 0.3) is 10.1 Å². The largest absolute Gasteiger partial charge is 0.497 e. The van der Waals surface area contributed by atoms with E-state index in [1.54, 1.807) is 31.4 Å². The summed E-state index contributed by atoms with van der Waals surface area (Å²) in [4.78, 5) is 4.54. The molecule has 0 radical (unpaired) electrons. The molecule has 0 amide bonds. The van der Waals surface area contributed by atoms with Crippen molar-refractivity contribution in [2.24, 2.45) is 0 Å². The van der Waals surface area contributed by atoms with Gasteiger partial charge >= 0.3 is 0 Å². The van der Waals surface area contributed by atoms with E-state index < -0.39 is 10.1 Å². The summed E-state index contributed by atoms with van der Waals surface area (Å²) in [6.45, 7) is 0.0459. The molecule has 0 bridgehead atoms. The average molecular weight is 232 g/mol. The van der Waals surface area contributed by atoms with Crippen molar-refractivity contribution in [3.8, 4) is 5.75 Å². The van der Waals surface area contributed by atoms with Gasteiger partial charge in [0.15, 0.2) is 0 Å². The van der Waals surface area contributed by atoms with Gasteiger partial charge in [0.1, 0.15) is 12.4 Å². The number of ether oxygens (including phenoxy) is 1. The van der Waals surface area contributed by atoms with E-state index >= 15 is 0 Å². The van der Waals surface area contributed by atoms with Crippen molar-refractivity contribution >= 4 is 10.1 Å². The first-order chi connectivity index (χ1) is 7.01. The van der Waals surface area contributed by atoms with Crippen LogP contribution in [0, 0.1) is 0 Å². The van der Waals surface area contributed by atoms with Crippen molar-refractivity contribution in [2.75, 3.05) is 13.4 Å². The molecule has 0 aliphatic carbocycles. The van der Waals surface area contributed by atoms with E-state index in [-0.39, 0.29) is 6.61 Å². The molecule has 1 aromatic rings. The fourth-order valence-corrected chi connectivity index (χ4v) is 1.16. The van der Waals surface area contributed by atoms with Gasteiger partial charge < -0.3 is 4.74 Å². The first-order valence-electron chi connectivity index (χ1n) is 4.15. The molecule has 6 heteroatoms. The maximum absolute atomic E-state index is 10.6. The van der Waals surface area contributed by atoms with E-state index in [1.165, 1.54) is 0 Å². The molecule has 1 rings (SSSR count). The van der Waals surface area contributed by atoms with Crippen LogP contribution in [0.3, 0.4) is 0 Å². The van der Waals surface area contributed by atoms with Gasteiger partial charge in [0.2, 0.25) is 0 Å². The molecule has 0 aromatic heterocycles. The Labute approximate surface area is 88.6 Å². The lowest BCUT2D eigenvalue weighted by Crippen LogP contribution is -2.03. The van der Waals surface area contributed by atoms with Crippen LogP contribution in [0.15, 0.2) is 24.3 Å². The molecule has 0 N–H and O–H groups in total. The normalized spacial score (nSPS) is 11.3. The predicted molar refractivity (Wildman–Crippen MR) is 53.7 cm³/mol. The molecule has 0 aliphatic rings. The molecule has 0 atom stereocenters. The van der Waals surface area contributed by atoms with Gasteiger partial charge in [-0.2, -0.15) is 8.42 Å². The molecule has 0 saturated heterocycles. The third kappa shape index (κ3) is 4.78. The SMILES string of the molecule is COc1cccc(COOS(C)(=O)=O)c1. The Bertz CT molecular complexity index is 412. The van der Waals surface area contributed by atoms with Gasteiger partial charge in [-0.15, -0.1) is 4.33 Å². The molecule has 15 heavy (non-hydrogen) atoms. The molecule has 0 fully saturated rings. The summed E-state index contributed by atoms with van der Waals surface area (Å²) in [5, 5.41) is 0. The van der Waals surface area contributed by atoms with Crippen LogP contribution in [-0.2, 0) is 25.9 Å². The maximum atomic E-state index is 10.6. The van der Waals surface area contributed by atoms with E-state index in [1.807, 2.05) is 0 Å². The number of rotatable bonds is 5. The first kappa shape index (κ1) is 12.0. The zero-order valence-corrected chi connectivity index (χ0v) is 9.28. The second-order valence-electron chi connectivity index (χ2n) is 2.89. The predicted octanol–water partition coefficient (Wildman–Crippen LogP) is 1.10. The van der Waals surface area contributed by atoms with Crippen LogP contribution < -0.4 is 4.74 Å². The highest BCUT2D eigenvalue weighted by Crippen LogP contribution is 2.13. The van der Waals surface area contributed by atoms with Crippen molar-refractivity contribution in [3.05, 3.63) is 29.8 Å². The second-order valence-corrected chi connectivity index (χ2v) is 4.43. The van der Waals surface area contributed by atoms with Gasteiger partial charge in [-0.3, -0.25) is 0 Å². The summed E-state index contributed by atoms with van der Waals surface area (Å²) >= 11 is 0. The van der Waals surface area contributed by atoms with E-state index in [0.29, 0.717) is 5.75 Å². The fraction of sp³-hybridized carbons (Fsp3) is 0.333. The van der Waals surface area contributed by atoms with E-state index in [4.69, 9.17) is 4.74 Å². The summed E-state index contributed by atoms with van der Waals surface area (Å²) in [6, 6.07) is 7.05. The highest BCUT2D eigenvalue weighted by molar-refractivity contribution is 7.85. The second kappa shape index (κ2) is 5.11. The minimum absolute atomic E-state index is 0.0459. The quantitative estimate of drug-likeness (QED) is 0.562. The van der Waals surface area contributed by atoms with Crippen molar-refractivity contribution in [1.82, 2.24) is 0 Å². The monoisotopic (exact) mass is 232 g/mol. The van der Waals surface area contributed by atoms with Crippen molar-refractivity contribution in [2.45, 2.75) is 6.61 Å². The molecule has 0 saturated carbocycles. The summed E-state index contributed by atoms with van der Waals surface area (Å²) in [6.07, 6.45) is 0.915. The molecule has 0 spiro atoms. The Kier molecular flexibility index (Phi) is 4.07. The molecular weight excluding hydrogens is 220 g/mol. The topological polar surface area (TPSA) is 61.8 Å². The minimum Gasteiger partial charge on any atom is -0.497 e. The van der Waals surface area contributed by atoms with Crippen LogP contribution in [0.25, 0.3) is 0 Å². The van der Waals surface area contributed by atoms with Crippen molar-refractivity contribution < 1.29 is 22.4 Å². The van der Waals surface area contributed by atoms with Crippen LogP contribution in [0.1, 0.15) is 5.56 Å². The third-order valence-electron chi connectivity index (χ3n) is 1.53. The number of hydrogen-bond acceptors (Lipinski definition) is 5. The Balaban J connectivity index is 2.51. The Morgan fingerprint density at radius 1 is 1.33 bits per heavy atom. The molecular formula is C9H12O5S. The summed E-state index contributed by atoms with van der Waals surface area (Å²) in [5.41, 5.74) is 0.762. The smallest absolute Gasteiger partial charge is 0.290 e. The Hall–Kier alpha value is -1.11. The highest BCUT2D eigenvalue weighted by atomic mass is 32.2. The van der Waals surface area contributed by atoms with Crippen LogP contribution in [-0.4, -0.2) is 21.8 Å². The van der Waals surface area contributed by atoms with Gasteiger partial charge in [0, 0.05) is 0 Å². The fourth-order valence-electron chi connectivity index (χ4n) is 0.942. The summed E-state index contributed by atoms with van der Waals surface area (Å²) in [5.74, 6) is 0.676. The maximum Gasteiger partial charge on any atom is 0.290 e. The lowest BCUT2D eigenvalue weighted by molar-refractivity contribution is -0.211. The summed E-state index contributed by atoms with van der Waals surface area (Å²) in [7, 11) is -2.01. The van der Waals surface area contributed by atoms with Gasteiger partial charge in [0.05, 0.1) is 13.4 Å². The van der Waals surface area contributed by atoms with Crippen LogP contribution in [0.2, 0.25) is 0 Å². The van der Waals surface area contributed by atoms with E-state index in [9.17, 15) is 8.42 Å². The number of methoxy groups -OCH3 is 1. The van der Waals surface area contributed by atoms with Crippen molar-refractivity contribution in [3.63, 3.8) is 0 Å². The van der Waals surface area contributed by atoms with E-state index in [2.05, 4.69) is 9.22 Å². The molecule has 0 aliphatic heterocycles. The zero-order chi connectivity index (χ0) is 11.3. The average Bonchev–Trinajstić information content (AvgIpc) is 2.16. The Morgan fingerprint density at radius 3 is 2.67 bits per heavy atom. The molecule has 1 aromatic carbocycles. The molecule has 5 nitrogen and oxygen atoms in total. The highest BCUT2D eigenvalue weighted by Gasteiger charge is 2.03. The van der Waals surface area contributed by atoms with Crippen LogP contribution in [0.5, 0.6) is 5.75 Å². The van der Waals surface area contributed by atoms with Crippen LogP contribution in [0.4, 0.5) is 0 Å². The standard InChI is InChI=1S/C9H12O5S/c1-12-9-5-3-4-8(6-9)7-13-14-15(2,10)11/h3-6H,7H2,1-2H3. The zero-order valence-electron chi connectivity index (χ0n) is 8.47. The van der Waals surface area contributed by atoms with Crippen molar-refractivity contribution in [1.29, 1.82) is 0 Å².